The van der Waals surface area contributed by atoms with Gasteiger partial charge in [-0.3, -0.25) is 4.57 Å². The highest BCUT2D eigenvalue weighted by molar-refractivity contribution is 6.32. The van der Waals surface area contributed by atoms with Gasteiger partial charge in [-0.05, 0) is 65.4 Å². The maximum Gasteiger partial charge on any atom is 0.410 e. The van der Waals surface area contributed by atoms with Crippen molar-refractivity contribution in [1.82, 2.24) is 24.6 Å². The second-order valence-corrected chi connectivity index (χ2v) is 10.3. The average Bonchev–Trinajstić information content (AvgIpc) is 3.06. The minimum Gasteiger partial charge on any atom is -0.444 e. The van der Waals surface area contributed by atoms with E-state index < -0.39 is 5.60 Å². The number of likely N-dealkylation sites (tertiary alicyclic amines) is 1. The number of hydrogen-bond donors (Lipinski definition) is 0. The molecule has 4 heterocycles. The smallest absolute Gasteiger partial charge is 0.410 e. The molecule has 9 heteroatoms. The van der Waals surface area contributed by atoms with Crippen LogP contribution in [0.3, 0.4) is 0 Å². The molecule has 0 aliphatic carbocycles. The van der Waals surface area contributed by atoms with E-state index in [9.17, 15) is 4.79 Å². The quantitative estimate of drug-likeness (QED) is 0.559. The average molecular weight is 475 g/mol. The molecule has 0 radical (unpaired) electrons. The van der Waals surface area contributed by atoms with Crippen LogP contribution >= 0.6 is 11.6 Å². The molecule has 8 nitrogen and oxygen atoms in total. The Balaban J connectivity index is 1.67. The topological polar surface area (TPSA) is 75.9 Å². The van der Waals surface area contributed by atoms with E-state index in [1.165, 1.54) is 0 Å². The van der Waals surface area contributed by atoms with Crippen LogP contribution in [0.1, 0.15) is 84.4 Å². The van der Waals surface area contributed by atoms with E-state index in [2.05, 4.69) is 39.6 Å². The predicted octanol–water partition coefficient (Wildman–Crippen LogP) is 5.26. The Morgan fingerprint density at radius 2 is 1.91 bits per heavy atom. The van der Waals surface area contributed by atoms with Gasteiger partial charge in [-0.2, -0.15) is 0 Å². The van der Waals surface area contributed by atoms with E-state index in [-0.39, 0.29) is 18.2 Å². The Kier molecular flexibility index (Phi) is 6.58. The Morgan fingerprint density at radius 1 is 1.21 bits per heavy atom. The molecule has 1 aromatic rings. The van der Waals surface area contributed by atoms with Crippen LogP contribution in [0.15, 0.2) is 21.8 Å². The van der Waals surface area contributed by atoms with Crippen LogP contribution in [-0.4, -0.2) is 61.2 Å². The number of halogens is 1. The van der Waals surface area contributed by atoms with Crippen molar-refractivity contribution in [3.05, 3.63) is 28.5 Å². The highest BCUT2D eigenvalue weighted by Crippen LogP contribution is 2.40. The molecule has 0 N–H and O–H groups in total. The number of amides is 1. The van der Waals surface area contributed by atoms with Crippen LogP contribution in [-0.2, 0) is 4.74 Å². The zero-order chi connectivity index (χ0) is 23.9. The van der Waals surface area contributed by atoms with E-state index in [1.54, 1.807) is 0 Å². The molecule has 0 bridgehead atoms. The first-order chi connectivity index (χ1) is 15.6. The van der Waals surface area contributed by atoms with Gasteiger partial charge in [0.25, 0.3) is 0 Å². The molecule has 0 saturated carbocycles. The molecule has 33 heavy (non-hydrogen) atoms. The standard InChI is InChI=1S/C24H35ClN6O2/c1-7-16-9-10-19-21(26-20(16)25)31(18(8-2)22-28-27-15(3)30(19)22)17-11-13-29(14-12-17)23(32)33-24(4,5)6/h10,17-18H,7-9,11-14H2,1-6H3. The molecular formula is C24H35ClN6O2. The fraction of sp³-hybridized carbons (Fsp3) is 0.667. The molecule has 0 spiro atoms. The van der Waals surface area contributed by atoms with Crippen LogP contribution < -0.4 is 0 Å². The maximum atomic E-state index is 12.6. The van der Waals surface area contributed by atoms with Crippen LogP contribution in [0.4, 0.5) is 4.79 Å². The molecular weight excluding hydrogens is 440 g/mol. The van der Waals surface area contributed by atoms with E-state index in [0.717, 1.165) is 60.9 Å². The number of aryl methyl sites for hydroxylation is 1. The van der Waals surface area contributed by atoms with E-state index in [1.807, 2.05) is 32.6 Å². The predicted molar refractivity (Wildman–Crippen MR) is 130 cm³/mol. The lowest BCUT2D eigenvalue weighted by Crippen LogP contribution is -2.53. The summed E-state index contributed by atoms with van der Waals surface area (Å²) in [5.41, 5.74) is 1.64. The first kappa shape index (κ1) is 23.8. The number of piperidine rings is 1. The molecule has 1 atom stereocenters. The van der Waals surface area contributed by atoms with Gasteiger partial charge in [0.2, 0.25) is 0 Å². The van der Waals surface area contributed by atoms with E-state index >= 15 is 0 Å². The number of aliphatic imine (C=N–C) groups is 1. The van der Waals surface area contributed by atoms with Crippen molar-refractivity contribution in [3.8, 4) is 0 Å². The minimum absolute atomic E-state index is 0.0489. The van der Waals surface area contributed by atoms with Crippen molar-refractivity contribution in [2.75, 3.05) is 13.1 Å². The normalized spacial score (nSPS) is 21.8. The first-order valence-corrected chi connectivity index (χ1v) is 12.4. The van der Waals surface area contributed by atoms with Crippen molar-refractivity contribution >= 4 is 29.2 Å². The van der Waals surface area contributed by atoms with Gasteiger partial charge in [0, 0.05) is 19.1 Å². The lowest BCUT2D eigenvalue weighted by Gasteiger charge is -2.46. The molecule has 1 unspecified atom stereocenters. The summed E-state index contributed by atoms with van der Waals surface area (Å²) in [7, 11) is 0. The number of ether oxygens (including phenoxy) is 1. The summed E-state index contributed by atoms with van der Waals surface area (Å²) in [5, 5.41) is 9.54. The first-order valence-electron chi connectivity index (χ1n) is 12.0. The van der Waals surface area contributed by atoms with Gasteiger partial charge in [-0.1, -0.05) is 31.5 Å². The second kappa shape index (κ2) is 9.12. The van der Waals surface area contributed by atoms with E-state index in [4.69, 9.17) is 21.3 Å². The van der Waals surface area contributed by atoms with Gasteiger partial charge in [0.15, 0.2) is 11.7 Å². The number of rotatable bonds is 3. The van der Waals surface area contributed by atoms with Crippen LogP contribution in [0.5, 0.6) is 0 Å². The maximum absolute atomic E-state index is 12.6. The number of carbonyl (C=O) groups is 1. The molecule has 1 fully saturated rings. The minimum atomic E-state index is -0.495. The lowest BCUT2D eigenvalue weighted by molar-refractivity contribution is 0.0157. The van der Waals surface area contributed by atoms with Gasteiger partial charge in [-0.15, -0.1) is 10.2 Å². The Hall–Kier alpha value is -2.35. The summed E-state index contributed by atoms with van der Waals surface area (Å²) in [4.78, 5) is 21.8. The summed E-state index contributed by atoms with van der Waals surface area (Å²) in [6, 6.07) is 0.266. The monoisotopic (exact) mass is 474 g/mol. The largest absolute Gasteiger partial charge is 0.444 e. The Bertz CT molecular complexity index is 1010. The highest BCUT2D eigenvalue weighted by Gasteiger charge is 2.42. The number of nitrogens with zero attached hydrogens (tertiary/aromatic N) is 6. The van der Waals surface area contributed by atoms with E-state index in [0.29, 0.717) is 18.2 Å². The van der Waals surface area contributed by atoms with Gasteiger partial charge in [-0.25, -0.2) is 9.79 Å². The number of carbonyl (C=O) groups excluding carboxylic acids is 1. The van der Waals surface area contributed by atoms with Crippen LogP contribution in [0.25, 0.3) is 5.70 Å². The zero-order valence-corrected chi connectivity index (χ0v) is 21.3. The summed E-state index contributed by atoms with van der Waals surface area (Å²) in [6.45, 7) is 13.3. The summed E-state index contributed by atoms with van der Waals surface area (Å²) < 4.78 is 7.73. The molecule has 4 rings (SSSR count). The van der Waals surface area contributed by atoms with Gasteiger partial charge >= 0.3 is 6.09 Å². The number of amidine groups is 1. The van der Waals surface area contributed by atoms with Crippen molar-refractivity contribution in [2.45, 2.75) is 91.3 Å². The second-order valence-electron chi connectivity index (χ2n) is 9.95. The highest BCUT2D eigenvalue weighted by atomic mass is 35.5. The molecule has 3 aliphatic rings. The fourth-order valence-electron chi connectivity index (χ4n) is 4.92. The molecule has 1 amide bonds. The van der Waals surface area contributed by atoms with Gasteiger partial charge in [0.1, 0.15) is 16.6 Å². The summed E-state index contributed by atoms with van der Waals surface area (Å²) >= 11 is 6.69. The number of hydrogen-bond acceptors (Lipinski definition) is 6. The van der Waals surface area contributed by atoms with Crippen molar-refractivity contribution < 1.29 is 9.53 Å². The molecule has 180 valence electrons. The van der Waals surface area contributed by atoms with Gasteiger partial charge < -0.3 is 14.5 Å². The van der Waals surface area contributed by atoms with Crippen LogP contribution in [0.2, 0.25) is 0 Å². The summed E-state index contributed by atoms with van der Waals surface area (Å²) in [6.07, 6.45) is 6.12. The fourth-order valence-corrected chi connectivity index (χ4v) is 5.21. The number of allylic oxidation sites excluding steroid dienone is 2. The summed E-state index contributed by atoms with van der Waals surface area (Å²) in [5.74, 6) is 2.70. The lowest BCUT2D eigenvalue weighted by atomic mass is 9.97. The Labute approximate surface area is 201 Å². The number of aromatic nitrogens is 3. The van der Waals surface area contributed by atoms with Gasteiger partial charge in [0.05, 0.1) is 11.7 Å². The Morgan fingerprint density at radius 3 is 2.52 bits per heavy atom. The molecule has 1 saturated heterocycles. The number of fused-ring (bicyclic) bond motifs is 3. The van der Waals surface area contributed by atoms with Crippen molar-refractivity contribution in [3.63, 3.8) is 0 Å². The third-order valence-corrected chi connectivity index (χ3v) is 6.91. The van der Waals surface area contributed by atoms with Crippen molar-refractivity contribution in [2.24, 2.45) is 4.99 Å². The van der Waals surface area contributed by atoms with Crippen molar-refractivity contribution in [1.29, 1.82) is 0 Å². The molecule has 0 aromatic carbocycles. The third kappa shape index (κ3) is 4.54. The molecule has 1 aromatic heterocycles. The van der Waals surface area contributed by atoms with Crippen LogP contribution in [0, 0.1) is 6.92 Å². The SMILES string of the molecule is CCC1=C(Cl)N=C2C(=CC1)n1c(C)nnc1C(CC)N2C1CCN(C(=O)OC(C)(C)C)CC1. The third-order valence-electron chi connectivity index (χ3n) is 6.56. The molecule has 3 aliphatic heterocycles. The zero-order valence-electron chi connectivity index (χ0n) is 20.6.